The van der Waals surface area contributed by atoms with E-state index in [0.717, 1.165) is 24.5 Å². The molecule has 0 aliphatic carbocycles. The number of aryl methyl sites for hydroxylation is 1. The molecule has 2 heteroatoms. The Labute approximate surface area is 86.3 Å². The van der Waals surface area contributed by atoms with Crippen molar-refractivity contribution >= 4 is 0 Å². The summed E-state index contributed by atoms with van der Waals surface area (Å²) in [5.74, 6) is 0.882. The van der Waals surface area contributed by atoms with E-state index in [1.807, 2.05) is 19.1 Å². The van der Waals surface area contributed by atoms with Crippen molar-refractivity contribution in [3.8, 4) is 5.75 Å². The van der Waals surface area contributed by atoms with Crippen LogP contribution < -0.4 is 4.74 Å². The highest BCUT2D eigenvalue weighted by Gasteiger charge is 1.93. The van der Waals surface area contributed by atoms with Crippen molar-refractivity contribution in [2.24, 2.45) is 0 Å². The molecule has 0 saturated carbocycles. The molecule has 1 rings (SSSR count). The second kappa shape index (κ2) is 6.41. The van der Waals surface area contributed by atoms with E-state index in [0.29, 0.717) is 0 Å². The topological polar surface area (TPSA) is 22.1 Å². The lowest BCUT2D eigenvalue weighted by molar-refractivity contribution is 0.304. The van der Waals surface area contributed by atoms with Crippen molar-refractivity contribution in [1.29, 1.82) is 0 Å². The molecule has 1 heterocycles. The van der Waals surface area contributed by atoms with Gasteiger partial charge in [-0.3, -0.25) is 4.98 Å². The summed E-state index contributed by atoms with van der Waals surface area (Å²) in [5, 5.41) is 0. The molecule has 0 atom stereocenters. The Balaban J connectivity index is 2.15. The molecule has 0 aromatic carbocycles. The van der Waals surface area contributed by atoms with Crippen LogP contribution in [-0.2, 0) is 0 Å². The molecule has 78 valence electrons. The first-order valence-electron chi connectivity index (χ1n) is 5.38. The van der Waals surface area contributed by atoms with Crippen molar-refractivity contribution < 1.29 is 4.74 Å². The van der Waals surface area contributed by atoms with Crippen LogP contribution in [0.5, 0.6) is 5.75 Å². The summed E-state index contributed by atoms with van der Waals surface area (Å²) >= 11 is 0. The average Bonchev–Trinajstić information content (AvgIpc) is 2.21. The Hall–Kier alpha value is -1.05. The Bertz CT molecular complexity index is 243. The molecule has 14 heavy (non-hydrogen) atoms. The molecular formula is C12H19NO. The summed E-state index contributed by atoms with van der Waals surface area (Å²) in [6.45, 7) is 5.00. The molecule has 0 aliphatic rings. The van der Waals surface area contributed by atoms with Crippen LogP contribution in [0.1, 0.15) is 38.3 Å². The number of aromatic nitrogens is 1. The predicted octanol–water partition coefficient (Wildman–Crippen LogP) is 3.35. The van der Waals surface area contributed by atoms with Crippen LogP contribution in [0.4, 0.5) is 0 Å². The SMILES string of the molecule is CCCCCCOc1ccc(C)nc1. The van der Waals surface area contributed by atoms with Crippen LogP contribution in [0.25, 0.3) is 0 Å². The van der Waals surface area contributed by atoms with Crippen LogP contribution in [0.3, 0.4) is 0 Å². The molecule has 0 fully saturated rings. The van der Waals surface area contributed by atoms with Gasteiger partial charge < -0.3 is 4.74 Å². The van der Waals surface area contributed by atoms with E-state index < -0.39 is 0 Å². The van der Waals surface area contributed by atoms with Gasteiger partial charge in [0.15, 0.2) is 0 Å². The highest BCUT2D eigenvalue weighted by molar-refractivity contribution is 5.18. The van der Waals surface area contributed by atoms with Gasteiger partial charge in [-0.15, -0.1) is 0 Å². The number of ether oxygens (including phenoxy) is 1. The zero-order chi connectivity index (χ0) is 10.2. The standard InChI is InChI=1S/C12H19NO/c1-3-4-5-6-9-14-12-8-7-11(2)13-10-12/h7-8,10H,3-6,9H2,1-2H3. The van der Waals surface area contributed by atoms with Crippen LogP contribution in [0.2, 0.25) is 0 Å². The number of unbranched alkanes of at least 4 members (excludes halogenated alkanes) is 3. The minimum absolute atomic E-state index is 0.810. The molecule has 0 bridgehead atoms. The average molecular weight is 193 g/mol. The Morgan fingerprint density at radius 2 is 2.07 bits per heavy atom. The molecule has 0 N–H and O–H groups in total. The highest BCUT2D eigenvalue weighted by Crippen LogP contribution is 2.09. The van der Waals surface area contributed by atoms with Gasteiger partial charge in [0.1, 0.15) is 5.75 Å². The summed E-state index contributed by atoms with van der Waals surface area (Å²) in [6.07, 6.45) is 6.76. The Morgan fingerprint density at radius 3 is 2.71 bits per heavy atom. The monoisotopic (exact) mass is 193 g/mol. The largest absolute Gasteiger partial charge is 0.492 e. The maximum atomic E-state index is 5.55. The van der Waals surface area contributed by atoms with Crippen molar-refractivity contribution in [2.75, 3.05) is 6.61 Å². The molecule has 0 unspecified atom stereocenters. The normalized spacial score (nSPS) is 10.1. The van der Waals surface area contributed by atoms with Gasteiger partial charge in [0.25, 0.3) is 0 Å². The maximum absolute atomic E-state index is 5.55. The van der Waals surface area contributed by atoms with E-state index in [1.54, 1.807) is 6.20 Å². The lowest BCUT2D eigenvalue weighted by Gasteiger charge is -2.05. The summed E-state index contributed by atoms with van der Waals surface area (Å²) in [7, 11) is 0. The third kappa shape index (κ3) is 4.26. The van der Waals surface area contributed by atoms with Crippen LogP contribution in [0, 0.1) is 6.92 Å². The van der Waals surface area contributed by atoms with Crippen LogP contribution in [-0.4, -0.2) is 11.6 Å². The second-order valence-corrected chi connectivity index (χ2v) is 3.54. The first kappa shape index (κ1) is 11.0. The van der Waals surface area contributed by atoms with Gasteiger partial charge in [-0.25, -0.2) is 0 Å². The van der Waals surface area contributed by atoms with Crippen molar-refractivity contribution in [2.45, 2.75) is 39.5 Å². The zero-order valence-electron chi connectivity index (χ0n) is 9.12. The molecule has 0 amide bonds. The molecule has 0 saturated heterocycles. The van der Waals surface area contributed by atoms with E-state index >= 15 is 0 Å². The van der Waals surface area contributed by atoms with E-state index in [4.69, 9.17) is 4.74 Å². The van der Waals surface area contributed by atoms with Gasteiger partial charge in [-0.1, -0.05) is 26.2 Å². The summed E-state index contributed by atoms with van der Waals surface area (Å²) in [5.41, 5.74) is 1.03. The summed E-state index contributed by atoms with van der Waals surface area (Å²) in [4.78, 5) is 4.17. The highest BCUT2D eigenvalue weighted by atomic mass is 16.5. The molecule has 0 aliphatic heterocycles. The van der Waals surface area contributed by atoms with Gasteiger partial charge in [0, 0.05) is 5.69 Å². The number of nitrogens with zero attached hydrogens (tertiary/aromatic N) is 1. The second-order valence-electron chi connectivity index (χ2n) is 3.54. The fourth-order valence-corrected chi connectivity index (χ4v) is 1.26. The van der Waals surface area contributed by atoms with Gasteiger partial charge >= 0.3 is 0 Å². The summed E-state index contributed by atoms with van der Waals surface area (Å²) in [6, 6.07) is 3.95. The minimum Gasteiger partial charge on any atom is -0.492 e. The van der Waals surface area contributed by atoms with E-state index in [2.05, 4.69) is 11.9 Å². The van der Waals surface area contributed by atoms with Crippen molar-refractivity contribution in [1.82, 2.24) is 4.98 Å². The fraction of sp³-hybridized carbons (Fsp3) is 0.583. The number of pyridine rings is 1. The third-order valence-corrected chi connectivity index (χ3v) is 2.15. The smallest absolute Gasteiger partial charge is 0.137 e. The Morgan fingerprint density at radius 1 is 1.21 bits per heavy atom. The van der Waals surface area contributed by atoms with Crippen LogP contribution in [0.15, 0.2) is 18.3 Å². The summed E-state index contributed by atoms with van der Waals surface area (Å²) < 4.78 is 5.55. The molecule has 0 radical (unpaired) electrons. The molecule has 1 aromatic heterocycles. The van der Waals surface area contributed by atoms with Crippen molar-refractivity contribution in [3.63, 3.8) is 0 Å². The van der Waals surface area contributed by atoms with Gasteiger partial charge in [0.05, 0.1) is 12.8 Å². The van der Waals surface area contributed by atoms with E-state index in [9.17, 15) is 0 Å². The maximum Gasteiger partial charge on any atom is 0.137 e. The third-order valence-electron chi connectivity index (χ3n) is 2.15. The van der Waals surface area contributed by atoms with Gasteiger partial charge in [-0.2, -0.15) is 0 Å². The predicted molar refractivity (Wildman–Crippen MR) is 58.6 cm³/mol. The Kier molecular flexibility index (Phi) is 5.05. The lowest BCUT2D eigenvalue weighted by atomic mass is 10.2. The van der Waals surface area contributed by atoms with Crippen LogP contribution >= 0.6 is 0 Å². The van der Waals surface area contributed by atoms with E-state index in [-0.39, 0.29) is 0 Å². The van der Waals surface area contributed by atoms with Gasteiger partial charge in [-0.05, 0) is 25.5 Å². The lowest BCUT2D eigenvalue weighted by Crippen LogP contribution is -1.97. The van der Waals surface area contributed by atoms with E-state index in [1.165, 1.54) is 19.3 Å². The fourth-order valence-electron chi connectivity index (χ4n) is 1.26. The number of hydrogen-bond acceptors (Lipinski definition) is 2. The molecular weight excluding hydrogens is 174 g/mol. The number of rotatable bonds is 6. The number of hydrogen-bond donors (Lipinski definition) is 0. The van der Waals surface area contributed by atoms with Gasteiger partial charge in [0.2, 0.25) is 0 Å². The first-order valence-corrected chi connectivity index (χ1v) is 5.38. The molecule has 2 nitrogen and oxygen atoms in total. The first-order chi connectivity index (χ1) is 6.83. The molecule has 0 spiro atoms. The van der Waals surface area contributed by atoms with Crippen molar-refractivity contribution in [3.05, 3.63) is 24.0 Å². The quantitative estimate of drug-likeness (QED) is 0.646. The molecule has 1 aromatic rings. The minimum atomic E-state index is 0.810. The zero-order valence-corrected chi connectivity index (χ0v) is 9.12.